The van der Waals surface area contributed by atoms with E-state index >= 15 is 0 Å². The van der Waals surface area contributed by atoms with Crippen LogP contribution in [0.3, 0.4) is 0 Å². The molecule has 1 N–H and O–H groups in total. The van der Waals surface area contributed by atoms with Gasteiger partial charge in [0.2, 0.25) is 15.9 Å². The SMILES string of the molecule is Cc1cc(C)c(S(=O)(=O)N(C)CC(=O)Nc2ccc3c(c2)N(S(=O)(=O)c2ccc(Cl)cc2)CC3)c(C)c1. The maximum atomic E-state index is 13.2. The molecule has 0 bridgehead atoms. The Hall–Kier alpha value is -2.92. The summed E-state index contributed by atoms with van der Waals surface area (Å²) >= 11 is 5.90. The summed E-state index contributed by atoms with van der Waals surface area (Å²) in [5.41, 5.74) is 3.87. The summed E-state index contributed by atoms with van der Waals surface area (Å²) < 4.78 is 55.2. The zero-order valence-corrected chi connectivity index (χ0v) is 23.3. The number of halogens is 1. The van der Waals surface area contributed by atoms with E-state index in [2.05, 4.69) is 5.32 Å². The molecule has 0 aliphatic carbocycles. The van der Waals surface area contributed by atoms with Crippen LogP contribution in [0.15, 0.2) is 64.4 Å². The number of amides is 1. The van der Waals surface area contributed by atoms with Crippen LogP contribution in [0.25, 0.3) is 0 Å². The summed E-state index contributed by atoms with van der Waals surface area (Å²) in [6.07, 6.45) is 0.534. The van der Waals surface area contributed by atoms with Crippen LogP contribution in [0.4, 0.5) is 11.4 Å². The molecule has 11 heteroatoms. The predicted octanol–water partition coefficient (Wildman–Crippen LogP) is 4.28. The average molecular weight is 562 g/mol. The first kappa shape index (κ1) is 27.1. The van der Waals surface area contributed by atoms with Gasteiger partial charge in [-0.15, -0.1) is 0 Å². The summed E-state index contributed by atoms with van der Waals surface area (Å²) in [5.74, 6) is -0.543. The Kier molecular flexibility index (Phi) is 7.40. The van der Waals surface area contributed by atoms with Crippen LogP contribution >= 0.6 is 11.6 Å². The molecule has 0 spiro atoms. The number of hydrogen-bond donors (Lipinski definition) is 1. The molecular weight excluding hydrogens is 534 g/mol. The van der Waals surface area contributed by atoms with Crippen LogP contribution in [0.5, 0.6) is 0 Å². The van der Waals surface area contributed by atoms with Gasteiger partial charge in [0.05, 0.1) is 22.0 Å². The highest BCUT2D eigenvalue weighted by Crippen LogP contribution is 2.35. The van der Waals surface area contributed by atoms with Crippen molar-refractivity contribution in [3.05, 3.63) is 81.9 Å². The quantitative estimate of drug-likeness (QED) is 0.464. The number of rotatable bonds is 7. The minimum atomic E-state index is -3.90. The zero-order valence-electron chi connectivity index (χ0n) is 20.9. The van der Waals surface area contributed by atoms with Crippen LogP contribution in [-0.2, 0) is 31.3 Å². The molecule has 4 rings (SSSR count). The van der Waals surface area contributed by atoms with Crippen molar-refractivity contribution >= 4 is 48.9 Å². The number of carbonyl (C=O) groups is 1. The summed E-state index contributed by atoms with van der Waals surface area (Å²) in [6.45, 7) is 5.23. The Balaban J connectivity index is 1.52. The van der Waals surface area contributed by atoms with Gasteiger partial charge in [-0.25, -0.2) is 16.8 Å². The summed E-state index contributed by atoms with van der Waals surface area (Å²) in [7, 11) is -6.36. The van der Waals surface area contributed by atoms with Gasteiger partial charge in [-0.1, -0.05) is 35.4 Å². The second kappa shape index (κ2) is 10.1. The number of nitrogens with zero attached hydrogens (tertiary/aromatic N) is 2. The molecular formula is C26H28ClN3O5S2. The minimum Gasteiger partial charge on any atom is -0.325 e. The van der Waals surface area contributed by atoms with E-state index in [1.807, 2.05) is 6.92 Å². The Labute approximate surface area is 223 Å². The normalized spacial score (nSPS) is 13.6. The summed E-state index contributed by atoms with van der Waals surface area (Å²) in [6, 6.07) is 14.6. The van der Waals surface area contributed by atoms with Gasteiger partial charge < -0.3 is 5.32 Å². The first-order valence-electron chi connectivity index (χ1n) is 11.6. The minimum absolute atomic E-state index is 0.118. The molecule has 0 unspecified atom stereocenters. The molecule has 0 radical (unpaired) electrons. The Morgan fingerprint density at radius 1 is 0.973 bits per heavy atom. The first-order chi connectivity index (χ1) is 17.3. The number of sulfonamides is 2. The van der Waals surface area contributed by atoms with Gasteiger partial charge in [0.1, 0.15) is 0 Å². The highest BCUT2D eigenvalue weighted by atomic mass is 35.5. The summed E-state index contributed by atoms with van der Waals surface area (Å²) in [4.78, 5) is 13.1. The molecule has 8 nitrogen and oxygen atoms in total. The van der Waals surface area contributed by atoms with Crippen LogP contribution in [0, 0.1) is 20.8 Å². The average Bonchev–Trinajstić information content (AvgIpc) is 3.22. The number of hydrogen-bond acceptors (Lipinski definition) is 5. The number of anilines is 2. The van der Waals surface area contributed by atoms with Crippen LogP contribution in [0.1, 0.15) is 22.3 Å². The third kappa shape index (κ3) is 5.38. The predicted molar refractivity (Wildman–Crippen MR) is 145 cm³/mol. The lowest BCUT2D eigenvalue weighted by molar-refractivity contribution is -0.116. The van der Waals surface area contributed by atoms with Gasteiger partial charge in [-0.05, 0) is 80.3 Å². The molecule has 1 aliphatic rings. The van der Waals surface area contributed by atoms with Gasteiger partial charge in [0.15, 0.2) is 0 Å². The lowest BCUT2D eigenvalue weighted by Crippen LogP contribution is -2.35. The maximum Gasteiger partial charge on any atom is 0.264 e. The highest BCUT2D eigenvalue weighted by Gasteiger charge is 2.31. The van der Waals surface area contributed by atoms with Gasteiger partial charge >= 0.3 is 0 Å². The van der Waals surface area contributed by atoms with E-state index in [1.54, 1.807) is 44.2 Å². The lowest BCUT2D eigenvalue weighted by atomic mass is 10.1. The van der Waals surface area contributed by atoms with Gasteiger partial charge in [-0.2, -0.15) is 4.31 Å². The Bertz CT molecular complexity index is 1560. The summed E-state index contributed by atoms with van der Waals surface area (Å²) in [5, 5.41) is 3.14. The van der Waals surface area contributed by atoms with Gasteiger partial charge in [-0.3, -0.25) is 9.10 Å². The van der Waals surface area contributed by atoms with E-state index in [1.165, 1.54) is 35.6 Å². The molecule has 0 aromatic heterocycles. The molecule has 196 valence electrons. The molecule has 3 aromatic carbocycles. The number of likely N-dealkylation sites (N-methyl/N-ethyl adjacent to an activating group) is 1. The number of fused-ring (bicyclic) bond motifs is 1. The highest BCUT2D eigenvalue weighted by molar-refractivity contribution is 7.92. The number of aryl methyl sites for hydroxylation is 3. The molecule has 0 atom stereocenters. The number of nitrogens with one attached hydrogen (secondary N) is 1. The largest absolute Gasteiger partial charge is 0.325 e. The third-order valence-electron chi connectivity index (χ3n) is 6.26. The van der Waals surface area contributed by atoms with E-state index in [0.29, 0.717) is 33.9 Å². The lowest BCUT2D eigenvalue weighted by Gasteiger charge is -2.21. The van der Waals surface area contributed by atoms with Crippen LogP contribution in [0.2, 0.25) is 5.02 Å². The van der Waals surface area contributed by atoms with Crippen molar-refractivity contribution in [3.63, 3.8) is 0 Å². The van der Waals surface area contributed by atoms with Gasteiger partial charge in [0, 0.05) is 24.3 Å². The molecule has 1 aliphatic heterocycles. The molecule has 0 fully saturated rings. The van der Waals surface area contributed by atoms with Crippen molar-refractivity contribution in [2.75, 3.05) is 29.8 Å². The van der Waals surface area contributed by atoms with E-state index in [4.69, 9.17) is 11.6 Å². The first-order valence-corrected chi connectivity index (χ1v) is 14.8. The fourth-order valence-corrected chi connectivity index (χ4v) is 7.78. The topological polar surface area (TPSA) is 104 Å². The molecule has 0 saturated carbocycles. The fraction of sp³-hybridized carbons (Fsp3) is 0.269. The Morgan fingerprint density at radius 2 is 1.59 bits per heavy atom. The van der Waals surface area contributed by atoms with Crippen molar-refractivity contribution in [1.82, 2.24) is 4.31 Å². The van der Waals surface area contributed by atoms with Gasteiger partial charge in [0.25, 0.3) is 10.0 Å². The van der Waals surface area contributed by atoms with Crippen molar-refractivity contribution in [2.24, 2.45) is 0 Å². The molecule has 1 amide bonds. The van der Waals surface area contributed by atoms with E-state index in [-0.39, 0.29) is 16.3 Å². The Morgan fingerprint density at radius 3 is 2.22 bits per heavy atom. The van der Waals surface area contributed by atoms with Crippen molar-refractivity contribution in [3.8, 4) is 0 Å². The second-order valence-corrected chi connectivity index (χ2v) is 13.4. The fourth-order valence-electron chi connectivity index (χ4n) is 4.63. The van der Waals surface area contributed by atoms with Crippen LogP contribution in [-0.4, -0.2) is 47.2 Å². The zero-order chi connectivity index (χ0) is 27.1. The van der Waals surface area contributed by atoms with Crippen molar-refractivity contribution < 1.29 is 21.6 Å². The second-order valence-electron chi connectivity index (χ2n) is 9.16. The monoisotopic (exact) mass is 561 g/mol. The van der Waals surface area contributed by atoms with Crippen LogP contribution < -0.4 is 9.62 Å². The number of carbonyl (C=O) groups excluding carboxylic acids is 1. The maximum absolute atomic E-state index is 13.2. The smallest absolute Gasteiger partial charge is 0.264 e. The number of benzene rings is 3. The molecule has 0 saturated heterocycles. The van der Waals surface area contributed by atoms with E-state index in [0.717, 1.165) is 15.4 Å². The molecule has 37 heavy (non-hydrogen) atoms. The standard InChI is InChI=1S/C26H28ClN3O5S2/c1-17-13-18(2)26(19(3)14-17)37(34,35)29(4)16-25(31)28-22-8-5-20-11-12-30(24(20)15-22)36(32,33)23-9-6-21(27)7-10-23/h5-10,13-15H,11-12,16H2,1-4H3,(H,28,31). The van der Waals surface area contributed by atoms with Crippen molar-refractivity contribution in [2.45, 2.75) is 37.0 Å². The molecule has 3 aromatic rings. The van der Waals surface area contributed by atoms with Crippen molar-refractivity contribution in [1.29, 1.82) is 0 Å². The molecule has 1 heterocycles. The van der Waals surface area contributed by atoms with E-state index < -0.39 is 32.5 Å². The third-order valence-corrected chi connectivity index (χ3v) is 10.5. The van der Waals surface area contributed by atoms with E-state index in [9.17, 15) is 21.6 Å².